The van der Waals surface area contributed by atoms with Gasteiger partial charge in [-0.05, 0) is 12.8 Å². The van der Waals surface area contributed by atoms with Gasteiger partial charge in [-0.1, -0.05) is 50.4 Å². The molecule has 1 rings (SSSR count). The Hall–Kier alpha value is -0.630. The maximum absolute atomic E-state index is 4.10. The third kappa shape index (κ3) is 9.11. The Labute approximate surface area is 112 Å². The van der Waals surface area contributed by atoms with E-state index in [0.717, 1.165) is 6.54 Å². The third-order valence-corrected chi connectivity index (χ3v) is 2.93. The van der Waals surface area contributed by atoms with Crippen molar-refractivity contribution in [1.29, 1.82) is 0 Å². The number of hydrogen-bond acceptors (Lipinski definition) is 1. The molecule has 0 aromatic carbocycles. The Morgan fingerprint density at radius 3 is 2.18 bits per heavy atom. The first-order valence-corrected chi connectivity index (χ1v) is 6.72. The maximum Gasteiger partial charge on any atom is 0.286 e. The van der Waals surface area contributed by atoms with Gasteiger partial charge in [0.2, 0.25) is 0 Å². The molecule has 3 heteroatoms. The van der Waals surface area contributed by atoms with Crippen molar-refractivity contribution in [2.24, 2.45) is 0 Å². The molecule has 98 valence electrons. The van der Waals surface area contributed by atoms with Crippen LogP contribution in [0.1, 0.15) is 58.3 Å². The zero-order chi connectivity index (χ0) is 11.5. The molecule has 0 saturated carbocycles. The lowest BCUT2D eigenvalue weighted by Gasteiger charge is -2.00. The molecule has 1 aromatic rings. The summed E-state index contributed by atoms with van der Waals surface area (Å²) in [5, 5.41) is 0. The average Bonchev–Trinajstić information content (AvgIpc) is 2.34. The van der Waals surface area contributed by atoms with E-state index in [0.29, 0.717) is 0 Å². The molecule has 0 fully saturated rings. The molecule has 0 radical (unpaired) electrons. The fourth-order valence-electron chi connectivity index (χ4n) is 1.92. The van der Waals surface area contributed by atoms with Gasteiger partial charge in [0.1, 0.15) is 6.20 Å². The highest BCUT2D eigenvalue weighted by atomic mass is 35.5. The van der Waals surface area contributed by atoms with Crippen LogP contribution in [-0.4, -0.2) is 4.98 Å². The summed E-state index contributed by atoms with van der Waals surface area (Å²) in [6.07, 6.45) is 16.9. The lowest BCUT2D eigenvalue weighted by atomic mass is 10.1. The summed E-state index contributed by atoms with van der Waals surface area (Å²) in [7, 11) is 0. The number of aryl methyl sites for hydroxylation is 1. The summed E-state index contributed by atoms with van der Waals surface area (Å²) in [5.74, 6) is 0. The van der Waals surface area contributed by atoms with E-state index in [-0.39, 0.29) is 12.4 Å². The van der Waals surface area contributed by atoms with E-state index >= 15 is 0 Å². The molecule has 0 bridgehead atoms. The van der Waals surface area contributed by atoms with Crippen LogP contribution in [0.5, 0.6) is 0 Å². The molecule has 2 nitrogen and oxygen atoms in total. The molecular weight excluding hydrogens is 232 g/mol. The molecule has 0 aliphatic rings. The minimum Gasteiger partial charge on any atom is -1.00 e. The topological polar surface area (TPSA) is 16.8 Å². The molecule has 0 N–H and O–H groups in total. The molecule has 0 aliphatic heterocycles. The van der Waals surface area contributed by atoms with Gasteiger partial charge >= 0.3 is 0 Å². The number of halogens is 1. The van der Waals surface area contributed by atoms with Gasteiger partial charge in [-0.25, -0.2) is 4.57 Å². The number of rotatable bonds is 9. The van der Waals surface area contributed by atoms with E-state index in [2.05, 4.69) is 22.7 Å². The highest BCUT2D eigenvalue weighted by Gasteiger charge is 1.96. The van der Waals surface area contributed by atoms with E-state index in [4.69, 9.17) is 0 Å². The van der Waals surface area contributed by atoms with Gasteiger partial charge in [-0.2, -0.15) is 0 Å². The quantitative estimate of drug-likeness (QED) is 0.465. The average molecular weight is 257 g/mol. The number of unbranched alkanes of at least 4 members (excludes halogenated alkanes) is 7. The largest absolute Gasteiger partial charge is 1.00 e. The molecule has 0 aliphatic carbocycles. The van der Waals surface area contributed by atoms with Crippen molar-refractivity contribution in [3.05, 3.63) is 24.8 Å². The molecule has 0 amide bonds. The second-order valence-corrected chi connectivity index (χ2v) is 4.47. The van der Waals surface area contributed by atoms with Crippen molar-refractivity contribution < 1.29 is 17.0 Å². The van der Waals surface area contributed by atoms with Gasteiger partial charge in [0.05, 0.1) is 12.7 Å². The normalized spacial score (nSPS) is 9.94. The molecular formula is C14H25ClN2. The lowest BCUT2D eigenvalue weighted by Crippen LogP contribution is -3.00. The van der Waals surface area contributed by atoms with Crippen LogP contribution >= 0.6 is 0 Å². The third-order valence-electron chi connectivity index (χ3n) is 2.93. The number of nitrogens with zero attached hydrogens (tertiary/aromatic N) is 2. The first kappa shape index (κ1) is 16.4. The van der Waals surface area contributed by atoms with E-state index in [9.17, 15) is 0 Å². The Bertz CT molecular complexity index is 252. The van der Waals surface area contributed by atoms with Crippen molar-refractivity contribution >= 4 is 0 Å². The van der Waals surface area contributed by atoms with Crippen molar-refractivity contribution in [3.8, 4) is 0 Å². The number of aromatic nitrogens is 2. The molecule has 0 spiro atoms. The molecule has 1 aromatic heterocycles. The van der Waals surface area contributed by atoms with Crippen molar-refractivity contribution in [2.45, 2.75) is 64.8 Å². The minimum absolute atomic E-state index is 0. The zero-order valence-electron chi connectivity index (χ0n) is 10.9. The van der Waals surface area contributed by atoms with Crippen LogP contribution in [0, 0.1) is 0 Å². The smallest absolute Gasteiger partial charge is 0.286 e. The first-order valence-electron chi connectivity index (χ1n) is 6.72. The van der Waals surface area contributed by atoms with E-state index in [1.165, 1.54) is 51.4 Å². The van der Waals surface area contributed by atoms with Gasteiger partial charge in [-0.15, -0.1) is 0 Å². The standard InChI is InChI=1S/C14H25N2.ClH/c1-2-3-4-5-6-7-8-9-12-16-13-10-11-15-14-16;/h10-11,13-14H,2-9,12H2,1H3;1H/q+1;/p-1. The van der Waals surface area contributed by atoms with Crippen LogP contribution < -0.4 is 17.0 Å². The predicted octanol–water partition coefficient (Wildman–Crippen LogP) is 0.514. The van der Waals surface area contributed by atoms with Gasteiger partial charge in [-0.3, -0.25) is 0 Å². The molecule has 17 heavy (non-hydrogen) atoms. The Morgan fingerprint density at radius 2 is 1.59 bits per heavy atom. The molecule has 0 unspecified atom stereocenters. The van der Waals surface area contributed by atoms with Crippen molar-refractivity contribution in [3.63, 3.8) is 0 Å². The molecule has 0 saturated heterocycles. The summed E-state index contributed by atoms with van der Waals surface area (Å²) < 4.78 is 2.16. The van der Waals surface area contributed by atoms with Crippen LogP contribution in [0.15, 0.2) is 24.8 Å². The van der Waals surface area contributed by atoms with Crippen LogP contribution in [-0.2, 0) is 6.54 Å². The van der Waals surface area contributed by atoms with E-state index < -0.39 is 0 Å². The van der Waals surface area contributed by atoms with Gasteiger partial charge < -0.3 is 12.4 Å². The minimum atomic E-state index is 0. The van der Waals surface area contributed by atoms with Gasteiger partial charge in [0.15, 0.2) is 0 Å². The van der Waals surface area contributed by atoms with Gasteiger partial charge in [0, 0.05) is 6.07 Å². The Morgan fingerprint density at radius 1 is 0.941 bits per heavy atom. The lowest BCUT2D eigenvalue weighted by molar-refractivity contribution is -0.700. The van der Waals surface area contributed by atoms with Gasteiger partial charge in [0.25, 0.3) is 6.33 Å². The van der Waals surface area contributed by atoms with Crippen LogP contribution in [0.2, 0.25) is 0 Å². The summed E-state index contributed by atoms with van der Waals surface area (Å²) in [5.41, 5.74) is 0. The van der Waals surface area contributed by atoms with Crippen LogP contribution in [0.3, 0.4) is 0 Å². The highest BCUT2D eigenvalue weighted by Crippen LogP contribution is 2.07. The van der Waals surface area contributed by atoms with E-state index in [1.807, 2.05) is 18.6 Å². The second kappa shape index (κ2) is 11.8. The summed E-state index contributed by atoms with van der Waals surface area (Å²) in [6, 6.07) is 1.99. The fraction of sp³-hybridized carbons (Fsp3) is 0.714. The van der Waals surface area contributed by atoms with Crippen molar-refractivity contribution in [2.75, 3.05) is 0 Å². The Kier molecular flexibility index (Phi) is 11.4. The highest BCUT2D eigenvalue weighted by molar-refractivity contribution is 4.68. The molecule has 0 atom stereocenters. The predicted molar refractivity (Wildman–Crippen MR) is 67.0 cm³/mol. The number of hydrogen-bond donors (Lipinski definition) is 0. The van der Waals surface area contributed by atoms with Crippen LogP contribution in [0.25, 0.3) is 0 Å². The molecule has 1 heterocycles. The zero-order valence-corrected chi connectivity index (χ0v) is 11.7. The summed E-state index contributed by atoms with van der Waals surface area (Å²) in [4.78, 5) is 4.10. The van der Waals surface area contributed by atoms with E-state index in [1.54, 1.807) is 0 Å². The fourth-order valence-corrected chi connectivity index (χ4v) is 1.92. The van der Waals surface area contributed by atoms with Crippen LogP contribution in [0.4, 0.5) is 0 Å². The second-order valence-electron chi connectivity index (χ2n) is 4.47. The summed E-state index contributed by atoms with van der Waals surface area (Å²) in [6.45, 7) is 3.38. The first-order chi connectivity index (χ1) is 7.93. The monoisotopic (exact) mass is 256 g/mol. The SMILES string of the molecule is CCCCCCCCCC[n+]1cccnc1.[Cl-]. The maximum atomic E-state index is 4.10. The summed E-state index contributed by atoms with van der Waals surface area (Å²) >= 11 is 0. The van der Waals surface area contributed by atoms with Crippen molar-refractivity contribution in [1.82, 2.24) is 4.98 Å². The Balaban J connectivity index is 0.00000256.